The Hall–Kier alpha value is -1.99. The van der Waals surface area contributed by atoms with Gasteiger partial charge in [-0.05, 0) is 18.4 Å². The summed E-state index contributed by atoms with van der Waals surface area (Å²) in [6, 6.07) is 3.11. The highest BCUT2D eigenvalue weighted by atomic mass is 19.1. The molecule has 0 amide bonds. The Kier molecular flexibility index (Phi) is 4.67. The van der Waals surface area contributed by atoms with Crippen LogP contribution >= 0.6 is 0 Å². The SMILES string of the molecule is COc1cc2c(N3CCN(CC4CCOC4)CC3)ncnc2cc1F. The molecule has 2 fully saturated rings. The maximum Gasteiger partial charge on any atom is 0.167 e. The Labute approximate surface area is 146 Å². The summed E-state index contributed by atoms with van der Waals surface area (Å²) in [5.74, 6) is 1.34. The third-order valence-electron chi connectivity index (χ3n) is 5.10. The van der Waals surface area contributed by atoms with Crippen LogP contribution in [-0.2, 0) is 4.74 Å². The average Bonchev–Trinajstić information content (AvgIpc) is 3.14. The molecule has 0 radical (unpaired) electrons. The standard InChI is InChI=1S/C18H23FN4O2/c1-24-17-8-14-16(9-15(17)19)20-12-21-18(14)23-5-3-22(4-6-23)10-13-2-7-25-11-13/h8-9,12-13H,2-7,10-11H2,1H3. The number of piperazine rings is 1. The van der Waals surface area contributed by atoms with Crippen LogP contribution in [0.25, 0.3) is 10.9 Å². The lowest BCUT2D eigenvalue weighted by Gasteiger charge is -2.36. The summed E-state index contributed by atoms with van der Waals surface area (Å²) >= 11 is 0. The molecule has 0 aliphatic carbocycles. The van der Waals surface area contributed by atoms with Crippen molar-refractivity contribution in [2.75, 3.05) is 57.9 Å². The van der Waals surface area contributed by atoms with Gasteiger partial charge in [-0.25, -0.2) is 14.4 Å². The second-order valence-electron chi connectivity index (χ2n) is 6.72. The number of hydrogen-bond donors (Lipinski definition) is 0. The molecule has 134 valence electrons. The van der Waals surface area contributed by atoms with Gasteiger partial charge in [0.25, 0.3) is 0 Å². The number of methoxy groups -OCH3 is 1. The number of nitrogens with zero attached hydrogens (tertiary/aromatic N) is 4. The highest BCUT2D eigenvalue weighted by Crippen LogP contribution is 2.29. The van der Waals surface area contributed by atoms with E-state index in [2.05, 4.69) is 19.8 Å². The molecule has 1 aromatic heterocycles. The first-order valence-electron chi connectivity index (χ1n) is 8.78. The molecule has 0 N–H and O–H groups in total. The van der Waals surface area contributed by atoms with Gasteiger partial charge in [0.15, 0.2) is 11.6 Å². The topological polar surface area (TPSA) is 50.7 Å². The van der Waals surface area contributed by atoms with Crippen LogP contribution in [0.4, 0.5) is 10.2 Å². The number of aromatic nitrogens is 2. The van der Waals surface area contributed by atoms with Crippen molar-refractivity contribution in [3.05, 3.63) is 24.3 Å². The molecule has 1 unspecified atom stereocenters. The highest BCUT2D eigenvalue weighted by molar-refractivity contribution is 5.90. The van der Waals surface area contributed by atoms with Gasteiger partial charge in [-0.15, -0.1) is 0 Å². The molecule has 0 saturated carbocycles. The minimum atomic E-state index is -0.400. The summed E-state index contributed by atoms with van der Waals surface area (Å²) in [6.45, 7) is 6.70. The molecule has 25 heavy (non-hydrogen) atoms. The molecule has 0 spiro atoms. The van der Waals surface area contributed by atoms with Crippen LogP contribution in [0.1, 0.15) is 6.42 Å². The fraction of sp³-hybridized carbons (Fsp3) is 0.556. The third kappa shape index (κ3) is 3.39. The lowest BCUT2D eigenvalue weighted by atomic mass is 10.1. The minimum absolute atomic E-state index is 0.225. The van der Waals surface area contributed by atoms with E-state index in [-0.39, 0.29) is 5.75 Å². The first-order chi connectivity index (χ1) is 12.2. The van der Waals surface area contributed by atoms with Crippen molar-refractivity contribution in [1.82, 2.24) is 14.9 Å². The number of rotatable bonds is 4. The summed E-state index contributed by atoms with van der Waals surface area (Å²) in [7, 11) is 1.47. The Morgan fingerprint density at radius 3 is 2.80 bits per heavy atom. The minimum Gasteiger partial charge on any atom is -0.494 e. The first-order valence-corrected chi connectivity index (χ1v) is 8.78. The fourth-order valence-corrected chi connectivity index (χ4v) is 3.69. The van der Waals surface area contributed by atoms with E-state index in [1.807, 2.05) is 0 Å². The zero-order valence-corrected chi connectivity index (χ0v) is 14.4. The highest BCUT2D eigenvalue weighted by Gasteiger charge is 2.24. The Balaban J connectivity index is 1.50. The molecular weight excluding hydrogens is 323 g/mol. The van der Waals surface area contributed by atoms with Crippen LogP contribution in [-0.4, -0.2) is 67.9 Å². The van der Waals surface area contributed by atoms with Gasteiger partial charge in [0.2, 0.25) is 0 Å². The largest absolute Gasteiger partial charge is 0.494 e. The quantitative estimate of drug-likeness (QED) is 0.843. The van der Waals surface area contributed by atoms with Gasteiger partial charge < -0.3 is 14.4 Å². The smallest absolute Gasteiger partial charge is 0.167 e. The first kappa shape index (κ1) is 16.5. The fourth-order valence-electron chi connectivity index (χ4n) is 3.69. The average molecular weight is 346 g/mol. The van der Waals surface area contributed by atoms with Gasteiger partial charge in [0.05, 0.1) is 19.2 Å². The number of halogens is 1. The van der Waals surface area contributed by atoms with Crippen molar-refractivity contribution >= 4 is 16.7 Å². The lowest BCUT2D eigenvalue weighted by molar-refractivity contribution is 0.164. The van der Waals surface area contributed by atoms with E-state index in [0.29, 0.717) is 11.4 Å². The Morgan fingerprint density at radius 1 is 1.24 bits per heavy atom. The Bertz CT molecular complexity index is 743. The summed E-state index contributed by atoms with van der Waals surface area (Å²) in [6.07, 6.45) is 2.67. The van der Waals surface area contributed by atoms with Crippen LogP contribution in [0.5, 0.6) is 5.75 Å². The monoisotopic (exact) mass is 346 g/mol. The predicted octanol–water partition coefficient (Wildman–Crippen LogP) is 1.94. The van der Waals surface area contributed by atoms with Crippen molar-refractivity contribution in [1.29, 1.82) is 0 Å². The van der Waals surface area contributed by atoms with Crippen LogP contribution in [0.3, 0.4) is 0 Å². The van der Waals surface area contributed by atoms with Crippen LogP contribution in [0, 0.1) is 11.7 Å². The van der Waals surface area contributed by atoms with Gasteiger partial charge >= 0.3 is 0 Å². The number of hydrogen-bond acceptors (Lipinski definition) is 6. The van der Waals surface area contributed by atoms with Crippen molar-refractivity contribution < 1.29 is 13.9 Å². The molecule has 2 saturated heterocycles. The lowest BCUT2D eigenvalue weighted by Crippen LogP contribution is -2.48. The maximum absolute atomic E-state index is 13.9. The molecule has 6 nitrogen and oxygen atoms in total. The zero-order chi connectivity index (χ0) is 17.2. The van der Waals surface area contributed by atoms with Gasteiger partial charge in [-0.3, -0.25) is 4.90 Å². The number of fused-ring (bicyclic) bond motifs is 1. The molecule has 2 aliphatic heterocycles. The summed E-state index contributed by atoms with van der Waals surface area (Å²) in [5.41, 5.74) is 0.605. The van der Waals surface area contributed by atoms with Crippen molar-refractivity contribution in [3.8, 4) is 5.75 Å². The molecule has 1 aromatic carbocycles. The van der Waals surface area contributed by atoms with E-state index in [1.165, 1.54) is 25.9 Å². The normalized spacial score (nSPS) is 21.8. The summed E-state index contributed by atoms with van der Waals surface area (Å²) < 4.78 is 24.5. The van der Waals surface area contributed by atoms with Crippen molar-refractivity contribution in [2.24, 2.45) is 5.92 Å². The number of benzene rings is 1. The van der Waals surface area contributed by atoms with Crippen molar-refractivity contribution in [3.63, 3.8) is 0 Å². The van der Waals surface area contributed by atoms with E-state index < -0.39 is 5.82 Å². The molecule has 1 atom stereocenters. The Morgan fingerprint density at radius 2 is 2.08 bits per heavy atom. The number of ether oxygens (including phenoxy) is 2. The molecule has 0 bridgehead atoms. The van der Waals surface area contributed by atoms with Crippen LogP contribution in [0.2, 0.25) is 0 Å². The van der Waals surface area contributed by atoms with E-state index in [0.717, 1.165) is 57.1 Å². The van der Waals surface area contributed by atoms with E-state index >= 15 is 0 Å². The molecule has 7 heteroatoms. The van der Waals surface area contributed by atoms with E-state index in [9.17, 15) is 4.39 Å². The van der Waals surface area contributed by atoms with Gasteiger partial charge in [-0.2, -0.15) is 0 Å². The molecule has 2 aromatic rings. The predicted molar refractivity (Wildman–Crippen MR) is 93.6 cm³/mol. The summed E-state index contributed by atoms with van der Waals surface area (Å²) in [4.78, 5) is 13.4. The molecule has 3 heterocycles. The van der Waals surface area contributed by atoms with E-state index in [4.69, 9.17) is 9.47 Å². The molecular formula is C18H23FN4O2. The second kappa shape index (κ2) is 7.09. The maximum atomic E-state index is 13.9. The molecule has 4 rings (SSSR count). The van der Waals surface area contributed by atoms with Crippen LogP contribution < -0.4 is 9.64 Å². The van der Waals surface area contributed by atoms with Gasteiger partial charge in [-0.1, -0.05) is 0 Å². The van der Waals surface area contributed by atoms with E-state index in [1.54, 1.807) is 6.07 Å². The number of anilines is 1. The van der Waals surface area contributed by atoms with Crippen LogP contribution in [0.15, 0.2) is 18.5 Å². The molecule has 2 aliphatic rings. The van der Waals surface area contributed by atoms with Crippen molar-refractivity contribution in [2.45, 2.75) is 6.42 Å². The zero-order valence-electron chi connectivity index (χ0n) is 14.4. The van der Waals surface area contributed by atoms with Gasteiger partial charge in [0.1, 0.15) is 12.1 Å². The second-order valence-corrected chi connectivity index (χ2v) is 6.72. The van der Waals surface area contributed by atoms with Gasteiger partial charge in [0, 0.05) is 50.8 Å². The third-order valence-corrected chi connectivity index (χ3v) is 5.10. The summed E-state index contributed by atoms with van der Waals surface area (Å²) in [5, 5.41) is 0.832.